The van der Waals surface area contributed by atoms with E-state index in [2.05, 4.69) is 4.72 Å². The van der Waals surface area contributed by atoms with Crippen LogP contribution < -0.4 is 15.2 Å². The second-order valence-electron chi connectivity index (χ2n) is 7.58. The fourth-order valence-electron chi connectivity index (χ4n) is 3.23. The Labute approximate surface area is 216 Å². The minimum absolute atomic E-state index is 0.0280. The molecule has 0 fully saturated rings. The third-order valence-electron chi connectivity index (χ3n) is 5.02. The van der Waals surface area contributed by atoms with Crippen molar-refractivity contribution in [1.29, 1.82) is 5.41 Å². The molecule has 190 valence electrons. The normalized spacial score (nSPS) is 11.6. The second-order valence-corrected chi connectivity index (χ2v) is 12.4. The van der Waals surface area contributed by atoms with Gasteiger partial charge in [-0.1, -0.05) is 30.3 Å². The van der Waals surface area contributed by atoms with Gasteiger partial charge < -0.3 is 15.6 Å². The third kappa shape index (κ3) is 5.63. The van der Waals surface area contributed by atoms with Gasteiger partial charge in [-0.25, -0.2) is 21.6 Å². The van der Waals surface area contributed by atoms with Crippen molar-refractivity contribution in [2.45, 2.75) is 14.0 Å². The number of carboxylic acids is 1. The van der Waals surface area contributed by atoms with Crippen LogP contribution in [0.15, 0.2) is 98.2 Å². The van der Waals surface area contributed by atoms with Gasteiger partial charge in [-0.05, 0) is 48.5 Å². The Bertz CT molecular complexity index is 1720. The summed E-state index contributed by atoms with van der Waals surface area (Å²) in [5.74, 6) is -1.40. The number of aromatic carboxylic acids is 1. The molecule has 0 spiro atoms. The smallest absolute Gasteiger partial charge is 0.339 e. The molecule has 0 radical (unpaired) electrons. The summed E-state index contributed by atoms with van der Waals surface area (Å²) < 4.78 is 59.1. The number of anilines is 1. The number of nitrogens with one attached hydrogen (secondary N) is 2. The summed E-state index contributed by atoms with van der Waals surface area (Å²) in [6.45, 7) is 0. The van der Waals surface area contributed by atoms with Crippen molar-refractivity contribution in [3.05, 3.63) is 95.4 Å². The van der Waals surface area contributed by atoms with Crippen LogP contribution >= 0.6 is 11.3 Å². The van der Waals surface area contributed by atoms with Gasteiger partial charge in [-0.15, -0.1) is 11.3 Å². The van der Waals surface area contributed by atoms with Crippen molar-refractivity contribution in [3.63, 3.8) is 0 Å². The van der Waals surface area contributed by atoms with Crippen LogP contribution in [0.2, 0.25) is 0 Å². The second kappa shape index (κ2) is 10.0. The number of hydrogen-bond acceptors (Lipinski definition) is 8. The van der Waals surface area contributed by atoms with Crippen LogP contribution in [0.4, 0.5) is 5.69 Å². The number of rotatable bonds is 9. The molecule has 0 unspecified atom stereocenters. The predicted molar refractivity (Wildman–Crippen MR) is 138 cm³/mol. The van der Waals surface area contributed by atoms with Gasteiger partial charge in [0.2, 0.25) is 9.84 Å². The monoisotopic (exact) mass is 557 g/mol. The molecule has 0 bridgehead atoms. The van der Waals surface area contributed by atoms with Gasteiger partial charge in [0.25, 0.3) is 10.0 Å². The zero-order valence-corrected chi connectivity index (χ0v) is 21.2. The topological polar surface area (TPSA) is 177 Å². The lowest BCUT2D eigenvalue weighted by Gasteiger charge is -2.12. The minimum Gasteiger partial charge on any atom is -0.478 e. The van der Waals surface area contributed by atoms with Crippen LogP contribution in [0.25, 0.3) is 0 Å². The molecule has 0 saturated heterocycles. The highest BCUT2D eigenvalue weighted by Gasteiger charge is 2.25. The molecule has 3 aromatic carbocycles. The zero-order valence-electron chi connectivity index (χ0n) is 18.8. The van der Waals surface area contributed by atoms with Crippen LogP contribution in [0, 0.1) is 5.41 Å². The SMILES string of the molecule is N=C(N)c1cccc(Oc2ccc(NS(=O)(=O)c3cc(S(=O)(=O)c4ccccc4)cs3)cc2C(=O)O)c1. The maximum Gasteiger partial charge on any atom is 0.339 e. The molecule has 1 heterocycles. The number of sulfonamides is 1. The third-order valence-corrected chi connectivity index (χ3v) is 9.73. The molecule has 0 aliphatic rings. The van der Waals surface area contributed by atoms with Crippen molar-refractivity contribution >= 4 is 48.7 Å². The van der Waals surface area contributed by atoms with Crippen molar-refractivity contribution in [1.82, 2.24) is 0 Å². The Balaban J connectivity index is 1.60. The lowest BCUT2D eigenvalue weighted by molar-refractivity contribution is 0.0694. The first-order valence-corrected chi connectivity index (χ1v) is 14.2. The fourth-order valence-corrected chi connectivity index (χ4v) is 7.18. The van der Waals surface area contributed by atoms with E-state index in [4.69, 9.17) is 15.9 Å². The van der Waals surface area contributed by atoms with E-state index in [0.717, 1.165) is 23.5 Å². The Morgan fingerprint density at radius 1 is 0.919 bits per heavy atom. The van der Waals surface area contributed by atoms with Crippen molar-refractivity contribution < 1.29 is 31.5 Å². The maximum atomic E-state index is 12.9. The van der Waals surface area contributed by atoms with Gasteiger partial charge in [-0.3, -0.25) is 10.1 Å². The molecular weight excluding hydrogens is 538 g/mol. The number of nitrogens with two attached hydrogens (primary N) is 1. The fraction of sp³-hybridized carbons (Fsp3) is 0. The number of carboxylic acid groups (broad SMARTS) is 1. The highest BCUT2D eigenvalue weighted by atomic mass is 32.2. The lowest BCUT2D eigenvalue weighted by atomic mass is 10.1. The molecule has 0 atom stereocenters. The maximum absolute atomic E-state index is 12.9. The van der Waals surface area contributed by atoms with E-state index in [1.807, 2.05) is 0 Å². The highest BCUT2D eigenvalue weighted by molar-refractivity contribution is 7.95. The van der Waals surface area contributed by atoms with Gasteiger partial charge in [0.15, 0.2) is 0 Å². The Hall–Kier alpha value is -4.20. The van der Waals surface area contributed by atoms with Crippen LogP contribution in [-0.2, 0) is 19.9 Å². The first kappa shape index (κ1) is 25.9. The zero-order chi connectivity index (χ0) is 26.8. The summed E-state index contributed by atoms with van der Waals surface area (Å²) in [5, 5.41) is 18.4. The predicted octanol–water partition coefficient (Wildman–Crippen LogP) is 4.16. The van der Waals surface area contributed by atoms with E-state index in [1.54, 1.807) is 36.4 Å². The molecule has 0 aliphatic heterocycles. The standard InChI is InChI=1S/C24H19N3O7S3/c25-23(26)15-5-4-6-17(11-15)34-21-10-9-16(12-20(21)24(28)29)27-37(32,33)22-13-19(14-35-22)36(30,31)18-7-2-1-3-8-18/h1-14,27H,(H3,25,26)(H,28,29). The van der Waals surface area contributed by atoms with E-state index < -0.39 is 25.8 Å². The molecule has 13 heteroatoms. The van der Waals surface area contributed by atoms with Gasteiger partial charge in [-0.2, -0.15) is 0 Å². The molecule has 5 N–H and O–H groups in total. The Morgan fingerprint density at radius 3 is 2.32 bits per heavy atom. The molecule has 37 heavy (non-hydrogen) atoms. The van der Waals surface area contributed by atoms with E-state index in [0.29, 0.717) is 5.56 Å². The number of ether oxygens (including phenoxy) is 1. The van der Waals surface area contributed by atoms with Crippen LogP contribution in [0.5, 0.6) is 11.5 Å². The number of sulfone groups is 1. The van der Waals surface area contributed by atoms with Crippen molar-refractivity contribution in [3.8, 4) is 11.5 Å². The van der Waals surface area contributed by atoms with E-state index in [9.17, 15) is 26.7 Å². The largest absolute Gasteiger partial charge is 0.478 e. The average Bonchev–Trinajstić information content (AvgIpc) is 3.38. The molecule has 10 nitrogen and oxygen atoms in total. The molecule has 0 saturated carbocycles. The molecule has 4 aromatic rings. The molecule has 0 amide bonds. The summed E-state index contributed by atoms with van der Waals surface area (Å²) >= 11 is 0.718. The molecule has 0 aliphatic carbocycles. The summed E-state index contributed by atoms with van der Waals surface area (Å²) in [6, 6.07) is 18.5. The van der Waals surface area contributed by atoms with Gasteiger partial charge in [0.1, 0.15) is 27.1 Å². The van der Waals surface area contributed by atoms with E-state index in [1.165, 1.54) is 35.7 Å². The summed E-state index contributed by atoms with van der Waals surface area (Å²) in [6.07, 6.45) is 0. The number of thiophene rings is 1. The Kier molecular flexibility index (Phi) is 7.03. The van der Waals surface area contributed by atoms with Crippen LogP contribution in [0.3, 0.4) is 0 Å². The first-order chi connectivity index (χ1) is 17.5. The Morgan fingerprint density at radius 2 is 1.65 bits per heavy atom. The highest BCUT2D eigenvalue weighted by Crippen LogP contribution is 2.32. The molecule has 1 aromatic heterocycles. The summed E-state index contributed by atoms with van der Waals surface area (Å²) in [4.78, 5) is 11.7. The number of hydrogen-bond donors (Lipinski definition) is 4. The lowest BCUT2D eigenvalue weighted by Crippen LogP contribution is -2.12. The minimum atomic E-state index is -4.23. The van der Waals surface area contributed by atoms with Gasteiger partial charge in [0.05, 0.1) is 9.79 Å². The van der Waals surface area contributed by atoms with Crippen molar-refractivity contribution in [2.24, 2.45) is 5.73 Å². The first-order valence-electron chi connectivity index (χ1n) is 10.4. The van der Waals surface area contributed by atoms with E-state index in [-0.39, 0.29) is 42.6 Å². The van der Waals surface area contributed by atoms with Crippen LogP contribution in [0.1, 0.15) is 15.9 Å². The molecule has 4 rings (SSSR count). The molecular formula is C24H19N3O7S3. The van der Waals surface area contributed by atoms with Gasteiger partial charge >= 0.3 is 5.97 Å². The number of amidine groups is 1. The number of benzene rings is 3. The number of carbonyl (C=O) groups is 1. The summed E-state index contributed by atoms with van der Waals surface area (Å²) in [5.41, 5.74) is 5.46. The van der Waals surface area contributed by atoms with Gasteiger partial charge in [0, 0.05) is 16.6 Å². The summed E-state index contributed by atoms with van der Waals surface area (Å²) in [7, 11) is -8.14. The quantitative estimate of drug-likeness (QED) is 0.175. The van der Waals surface area contributed by atoms with Crippen molar-refractivity contribution in [2.75, 3.05) is 4.72 Å². The number of nitrogen functional groups attached to an aromatic ring is 1. The van der Waals surface area contributed by atoms with E-state index >= 15 is 0 Å². The van der Waals surface area contributed by atoms with Crippen LogP contribution in [-0.4, -0.2) is 33.7 Å². The average molecular weight is 558 g/mol.